The minimum Gasteiger partial charge on any atom is -0.382 e. The quantitative estimate of drug-likeness (QED) is 0.741. The number of hydrogen-bond donors (Lipinski definition) is 1. The highest BCUT2D eigenvalue weighted by Crippen LogP contribution is 2.16. The van der Waals surface area contributed by atoms with Gasteiger partial charge in [0.25, 0.3) is 0 Å². The van der Waals surface area contributed by atoms with Crippen LogP contribution in [-0.2, 0) is 11.2 Å². The van der Waals surface area contributed by atoms with E-state index in [0.717, 1.165) is 25.9 Å². The highest BCUT2D eigenvalue weighted by Gasteiger charge is 2.14. The molecule has 1 N–H and O–H groups in total. The molecule has 0 heterocycles. The van der Waals surface area contributed by atoms with Crippen LogP contribution in [-0.4, -0.2) is 26.3 Å². The fourth-order valence-electron chi connectivity index (χ4n) is 2.55. The third-order valence-corrected chi connectivity index (χ3v) is 3.66. The molecule has 0 fully saturated rings. The van der Waals surface area contributed by atoms with Crippen LogP contribution >= 0.6 is 0 Å². The lowest BCUT2D eigenvalue weighted by Gasteiger charge is -2.22. The first-order valence-corrected chi connectivity index (χ1v) is 7.80. The van der Waals surface area contributed by atoms with Gasteiger partial charge < -0.3 is 10.1 Å². The molecule has 2 unspecified atom stereocenters. The average molecular weight is 277 g/mol. The largest absolute Gasteiger partial charge is 0.382 e. The maximum absolute atomic E-state index is 5.44. The van der Waals surface area contributed by atoms with Gasteiger partial charge in [-0.05, 0) is 57.2 Å². The molecule has 0 bridgehead atoms. The van der Waals surface area contributed by atoms with E-state index in [9.17, 15) is 0 Å². The van der Waals surface area contributed by atoms with Crippen LogP contribution in [0.2, 0.25) is 0 Å². The van der Waals surface area contributed by atoms with Gasteiger partial charge in [-0.15, -0.1) is 0 Å². The topological polar surface area (TPSA) is 21.3 Å². The summed E-state index contributed by atoms with van der Waals surface area (Å²) in [6, 6.07) is 8.85. The smallest absolute Gasteiger partial charge is 0.0546 e. The average Bonchev–Trinajstić information content (AvgIpc) is 2.38. The van der Waals surface area contributed by atoms with Gasteiger partial charge in [-0.25, -0.2) is 0 Å². The maximum Gasteiger partial charge on any atom is 0.0546 e. The van der Waals surface area contributed by atoms with Crippen molar-refractivity contribution in [1.29, 1.82) is 0 Å². The summed E-state index contributed by atoms with van der Waals surface area (Å²) in [6.45, 7) is 11.0. The Morgan fingerprint density at radius 2 is 1.90 bits per heavy atom. The number of aryl methyl sites for hydroxylation is 1. The fourth-order valence-corrected chi connectivity index (χ4v) is 2.55. The van der Waals surface area contributed by atoms with E-state index < -0.39 is 0 Å². The Morgan fingerprint density at radius 3 is 2.50 bits per heavy atom. The molecule has 0 aromatic heterocycles. The van der Waals surface area contributed by atoms with Crippen molar-refractivity contribution in [3.05, 3.63) is 35.4 Å². The summed E-state index contributed by atoms with van der Waals surface area (Å²) in [5.41, 5.74) is 2.78. The third kappa shape index (κ3) is 7.06. The monoisotopic (exact) mass is 277 g/mol. The summed E-state index contributed by atoms with van der Waals surface area (Å²) in [6.07, 6.45) is 2.56. The summed E-state index contributed by atoms with van der Waals surface area (Å²) in [7, 11) is 1.80. The summed E-state index contributed by atoms with van der Waals surface area (Å²) < 4.78 is 5.44. The standard InChI is InChI=1S/C18H31NO/c1-14(2)12-19-13-18(10-16(4)20-5)11-17-8-6-7-15(3)9-17/h6-9,14,16,18-19H,10-13H2,1-5H3. The zero-order valence-corrected chi connectivity index (χ0v) is 13.8. The van der Waals surface area contributed by atoms with Crippen molar-refractivity contribution in [2.24, 2.45) is 11.8 Å². The second-order valence-electron chi connectivity index (χ2n) is 6.39. The van der Waals surface area contributed by atoms with Crippen LogP contribution in [0.1, 0.15) is 38.3 Å². The Kier molecular flexibility index (Phi) is 7.86. The van der Waals surface area contributed by atoms with Crippen molar-refractivity contribution >= 4 is 0 Å². The van der Waals surface area contributed by atoms with E-state index in [4.69, 9.17) is 4.74 Å². The highest BCUT2D eigenvalue weighted by atomic mass is 16.5. The molecule has 20 heavy (non-hydrogen) atoms. The first-order valence-electron chi connectivity index (χ1n) is 7.80. The number of rotatable bonds is 9. The Bertz CT molecular complexity index is 375. The van der Waals surface area contributed by atoms with Crippen molar-refractivity contribution in [2.45, 2.75) is 46.6 Å². The molecule has 2 atom stereocenters. The molecule has 114 valence electrons. The van der Waals surface area contributed by atoms with Crippen molar-refractivity contribution < 1.29 is 4.74 Å². The van der Waals surface area contributed by atoms with E-state index >= 15 is 0 Å². The zero-order valence-electron chi connectivity index (χ0n) is 13.8. The van der Waals surface area contributed by atoms with Crippen LogP contribution < -0.4 is 5.32 Å². The molecule has 1 rings (SSSR count). The van der Waals surface area contributed by atoms with Crippen LogP contribution in [0.5, 0.6) is 0 Å². The number of hydrogen-bond acceptors (Lipinski definition) is 2. The van der Waals surface area contributed by atoms with E-state index in [1.54, 1.807) is 7.11 Å². The molecule has 2 heteroatoms. The lowest BCUT2D eigenvalue weighted by molar-refractivity contribution is 0.0945. The Morgan fingerprint density at radius 1 is 1.15 bits per heavy atom. The van der Waals surface area contributed by atoms with Crippen LogP contribution in [0.3, 0.4) is 0 Å². The molecule has 0 spiro atoms. The number of ether oxygens (including phenoxy) is 1. The summed E-state index contributed by atoms with van der Waals surface area (Å²) in [5, 5.41) is 3.59. The zero-order chi connectivity index (χ0) is 15.0. The Hall–Kier alpha value is -0.860. The van der Waals surface area contributed by atoms with Crippen LogP contribution in [0.25, 0.3) is 0 Å². The van der Waals surface area contributed by atoms with Crippen molar-refractivity contribution in [1.82, 2.24) is 5.32 Å². The second-order valence-corrected chi connectivity index (χ2v) is 6.39. The van der Waals surface area contributed by atoms with Crippen LogP contribution in [0.15, 0.2) is 24.3 Å². The molecule has 0 amide bonds. The van der Waals surface area contributed by atoms with Gasteiger partial charge in [0.05, 0.1) is 6.10 Å². The van der Waals surface area contributed by atoms with Gasteiger partial charge in [0.2, 0.25) is 0 Å². The van der Waals surface area contributed by atoms with E-state index in [1.807, 2.05) is 0 Å². The van der Waals surface area contributed by atoms with Gasteiger partial charge >= 0.3 is 0 Å². The van der Waals surface area contributed by atoms with Gasteiger partial charge in [-0.2, -0.15) is 0 Å². The first kappa shape index (κ1) is 17.2. The van der Waals surface area contributed by atoms with E-state index in [1.165, 1.54) is 11.1 Å². The van der Waals surface area contributed by atoms with Crippen LogP contribution in [0, 0.1) is 18.8 Å². The number of benzene rings is 1. The molecule has 2 nitrogen and oxygen atoms in total. The minimum absolute atomic E-state index is 0.325. The van der Waals surface area contributed by atoms with E-state index in [0.29, 0.717) is 17.9 Å². The lowest BCUT2D eigenvalue weighted by Crippen LogP contribution is -2.29. The van der Waals surface area contributed by atoms with Gasteiger partial charge in [-0.3, -0.25) is 0 Å². The molecule has 0 radical (unpaired) electrons. The molecule has 0 aliphatic rings. The minimum atomic E-state index is 0.325. The molecule has 0 saturated carbocycles. The third-order valence-electron chi connectivity index (χ3n) is 3.66. The van der Waals surface area contributed by atoms with Gasteiger partial charge in [0.1, 0.15) is 0 Å². The van der Waals surface area contributed by atoms with Crippen molar-refractivity contribution in [2.75, 3.05) is 20.2 Å². The molecular formula is C18H31NO. The molecule has 1 aromatic rings. The summed E-state index contributed by atoms with van der Waals surface area (Å²) in [5.74, 6) is 1.33. The van der Waals surface area contributed by atoms with E-state index in [2.05, 4.69) is 57.3 Å². The lowest BCUT2D eigenvalue weighted by atomic mass is 9.93. The van der Waals surface area contributed by atoms with Gasteiger partial charge in [-0.1, -0.05) is 43.7 Å². The molecule has 0 saturated heterocycles. The van der Waals surface area contributed by atoms with Gasteiger partial charge in [0, 0.05) is 7.11 Å². The predicted molar refractivity (Wildman–Crippen MR) is 87.2 cm³/mol. The SMILES string of the molecule is COC(C)CC(CNCC(C)C)Cc1cccc(C)c1. The highest BCUT2D eigenvalue weighted by molar-refractivity contribution is 5.22. The number of methoxy groups -OCH3 is 1. The van der Waals surface area contributed by atoms with Crippen molar-refractivity contribution in [3.63, 3.8) is 0 Å². The first-order chi connectivity index (χ1) is 9.51. The second kappa shape index (κ2) is 9.15. The Labute approximate surface area is 124 Å². The normalized spacial score (nSPS) is 14.5. The summed E-state index contributed by atoms with van der Waals surface area (Å²) >= 11 is 0. The number of nitrogens with one attached hydrogen (secondary N) is 1. The molecule has 0 aliphatic carbocycles. The van der Waals surface area contributed by atoms with Crippen molar-refractivity contribution in [3.8, 4) is 0 Å². The predicted octanol–water partition coefficient (Wildman–Crippen LogP) is 3.82. The summed E-state index contributed by atoms with van der Waals surface area (Å²) in [4.78, 5) is 0. The van der Waals surface area contributed by atoms with Gasteiger partial charge in [0.15, 0.2) is 0 Å². The molecular weight excluding hydrogens is 246 g/mol. The fraction of sp³-hybridized carbons (Fsp3) is 0.667. The molecule has 0 aliphatic heterocycles. The molecule has 1 aromatic carbocycles. The van der Waals surface area contributed by atoms with E-state index in [-0.39, 0.29) is 0 Å². The maximum atomic E-state index is 5.44. The van der Waals surface area contributed by atoms with Crippen LogP contribution in [0.4, 0.5) is 0 Å². The Balaban J connectivity index is 2.56.